The molecule has 0 aliphatic carbocycles. The van der Waals surface area contributed by atoms with Gasteiger partial charge in [0, 0.05) is 19.8 Å². The maximum absolute atomic E-state index is 13.1. The smallest absolute Gasteiger partial charge is 0.328 e. The van der Waals surface area contributed by atoms with Gasteiger partial charge in [-0.2, -0.15) is 0 Å². The molecule has 1 aliphatic heterocycles. The van der Waals surface area contributed by atoms with Crippen LogP contribution in [0.25, 0.3) is 0 Å². The molecule has 154 valence electrons. The molecule has 0 aromatic heterocycles. The number of amides is 1. The molecule has 0 radical (unpaired) electrons. The predicted molar refractivity (Wildman–Crippen MR) is 98.6 cm³/mol. The predicted octanol–water partition coefficient (Wildman–Crippen LogP) is 2.09. The number of carboxylic acid groups (broad SMARTS) is 1. The Morgan fingerprint density at radius 2 is 1.89 bits per heavy atom. The highest BCUT2D eigenvalue weighted by molar-refractivity contribution is 8.05. The lowest BCUT2D eigenvalue weighted by atomic mass is 10.0. The highest BCUT2D eigenvalue weighted by Crippen LogP contribution is 2.43. The number of piperidine rings is 1. The van der Waals surface area contributed by atoms with Crippen LogP contribution in [-0.2, 0) is 33.2 Å². The molecule has 0 spiro atoms. The zero-order valence-corrected chi connectivity index (χ0v) is 17.4. The minimum atomic E-state index is -1.68. The Labute approximate surface area is 164 Å². The van der Waals surface area contributed by atoms with Crippen LogP contribution in [0, 0.1) is 0 Å². The summed E-state index contributed by atoms with van der Waals surface area (Å²) in [5.74, 6) is -2.27. The molecule has 27 heavy (non-hydrogen) atoms. The first-order valence-corrected chi connectivity index (χ1v) is 10.4. The largest absolute Gasteiger partial charge is 0.481 e. The molecule has 1 saturated heterocycles. The van der Waals surface area contributed by atoms with Crippen molar-refractivity contribution in [2.75, 3.05) is 26.9 Å². The molecule has 0 saturated carbocycles. The van der Waals surface area contributed by atoms with E-state index in [1.165, 1.54) is 12.0 Å². The quantitative estimate of drug-likeness (QED) is 0.303. The van der Waals surface area contributed by atoms with Gasteiger partial charge in [0.1, 0.15) is 11.3 Å². The van der Waals surface area contributed by atoms with Crippen molar-refractivity contribution in [1.82, 2.24) is 4.90 Å². The van der Waals surface area contributed by atoms with Crippen LogP contribution in [0.2, 0.25) is 0 Å². The Hall–Kier alpha value is -1.22. The summed E-state index contributed by atoms with van der Waals surface area (Å²) in [6.07, 6.45) is 1.39. The molecule has 1 amide bonds. The van der Waals surface area contributed by atoms with E-state index in [2.05, 4.69) is 0 Å². The Morgan fingerprint density at radius 3 is 2.37 bits per heavy atom. The van der Waals surface area contributed by atoms with Crippen molar-refractivity contribution in [2.45, 2.75) is 55.7 Å². The number of hydrogen-bond acceptors (Lipinski definition) is 8. The van der Waals surface area contributed by atoms with E-state index in [1.54, 1.807) is 13.8 Å². The summed E-state index contributed by atoms with van der Waals surface area (Å²) in [4.78, 5) is 36.1. The minimum absolute atomic E-state index is 0.157. The normalized spacial score (nSPS) is 18.9. The molecule has 9 nitrogen and oxygen atoms in total. The summed E-state index contributed by atoms with van der Waals surface area (Å²) in [6.45, 7) is 3.98. The number of carbonyl (C=O) groups is 3. The van der Waals surface area contributed by atoms with E-state index < -0.39 is 48.9 Å². The van der Waals surface area contributed by atoms with Gasteiger partial charge in [0.2, 0.25) is 14.4 Å². The van der Waals surface area contributed by atoms with E-state index in [4.69, 9.17) is 14.2 Å². The van der Waals surface area contributed by atoms with Crippen LogP contribution in [0.15, 0.2) is 0 Å². The van der Waals surface area contributed by atoms with Crippen LogP contribution < -0.4 is 0 Å². The second-order valence-electron chi connectivity index (χ2n) is 5.75. The first-order valence-electron chi connectivity index (χ1n) is 8.74. The molecule has 1 rings (SSSR count). The van der Waals surface area contributed by atoms with Crippen molar-refractivity contribution in [2.24, 2.45) is 0 Å². The summed E-state index contributed by atoms with van der Waals surface area (Å²) in [6, 6.07) is -0.758. The number of esters is 1. The third kappa shape index (κ3) is 6.71. The number of carboxylic acids is 1. The van der Waals surface area contributed by atoms with Gasteiger partial charge in [-0.15, -0.1) is 0 Å². The van der Waals surface area contributed by atoms with Crippen LogP contribution in [-0.4, -0.2) is 70.9 Å². The van der Waals surface area contributed by atoms with Crippen LogP contribution in [0.4, 0.5) is 0 Å². The molecule has 1 aliphatic rings. The molecule has 0 aromatic rings. The van der Waals surface area contributed by atoms with Crippen molar-refractivity contribution in [3.63, 3.8) is 0 Å². The van der Waals surface area contributed by atoms with Gasteiger partial charge < -0.3 is 24.2 Å². The molecule has 1 heterocycles. The fourth-order valence-corrected chi connectivity index (χ4v) is 4.94. The lowest BCUT2D eigenvalue weighted by Gasteiger charge is -2.37. The zero-order chi connectivity index (χ0) is 20.4. The Morgan fingerprint density at radius 1 is 1.26 bits per heavy atom. The SMILES string of the molecule is CCOC(OCC)(P=O)SC(CC(=O)O)C(=O)N1CCCCC1C(=O)OC. The molecule has 0 bridgehead atoms. The van der Waals surface area contributed by atoms with E-state index in [-0.39, 0.29) is 13.2 Å². The summed E-state index contributed by atoms with van der Waals surface area (Å²) in [5, 5.41) is 8.11. The second kappa shape index (κ2) is 11.6. The van der Waals surface area contributed by atoms with E-state index in [9.17, 15) is 24.1 Å². The molecule has 0 aromatic carbocycles. The second-order valence-corrected chi connectivity index (χ2v) is 8.17. The standard InChI is InChI=1S/C16H26NO8PS/c1-4-24-16(26-22,25-5-2)27-12(10-13(18)19)14(20)17-9-7-6-8-11(17)15(21)23-3/h11-12H,4-10H2,1-3H3,(H,18,19). The molecule has 11 heteroatoms. The van der Waals surface area contributed by atoms with Crippen LogP contribution in [0.1, 0.15) is 39.5 Å². The van der Waals surface area contributed by atoms with Gasteiger partial charge in [-0.25, -0.2) is 4.79 Å². The lowest BCUT2D eigenvalue weighted by Crippen LogP contribution is -2.52. The molecular formula is C16H26NO8PS. The van der Waals surface area contributed by atoms with E-state index in [0.29, 0.717) is 19.4 Å². The molecule has 1 N–H and O–H groups in total. The summed E-state index contributed by atoms with van der Waals surface area (Å²) < 4.78 is 27.3. The molecule has 2 unspecified atom stereocenters. The number of thioether (sulfide) groups is 1. The molecule has 2 atom stereocenters. The van der Waals surface area contributed by atoms with Gasteiger partial charge in [-0.05, 0) is 33.1 Å². The third-order valence-electron chi connectivity index (χ3n) is 3.95. The Balaban J connectivity index is 3.12. The zero-order valence-electron chi connectivity index (χ0n) is 15.7. The highest BCUT2D eigenvalue weighted by Gasteiger charge is 2.44. The van der Waals surface area contributed by atoms with Gasteiger partial charge in [-0.1, -0.05) is 11.8 Å². The van der Waals surface area contributed by atoms with E-state index in [1.807, 2.05) is 0 Å². The monoisotopic (exact) mass is 423 g/mol. The Bertz CT molecular complexity index is 541. The van der Waals surface area contributed by atoms with Crippen LogP contribution in [0.5, 0.6) is 0 Å². The van der Waals surface area contributed by atoms with E-state index in [0.717, 1.165) is 18.2 Å². The van der Waals surface area contributed by atoms with Crippen molar-refractivity contribution in [3.05, 3.63) is 0 Å². The van der Waals surface area contributed by atoms with Gasteiger partial charge in [0.15, 0.2) is 0 Å². The number of rotatable bonds is 11. The van der Waals surface area contributed by atoms with Crippen LogP contribution >= 0.6 is 20.2 Å². The fraction of sp³-hybridized carbons (Fsp3) is 0.812. The molecular weight excluding hydrogens is 397 g/mol. The fourth-order valence-electron chi connectivity index (χ4n) is 2.83. The third-order valence-corrected chi connectivity index (χ3v) is 6.16. The van der Waals surface area contributed by atoms with Gasteiger partial charge in [-0.3, -0.25) is 14.2 Å². The number of ether oxygens (including phenoxy) is 3. The van der Waals surface area contributed by atoms with Crippen molar-refractivity contribution >= 4 is 38.1 Å². The van der Waals surface area contributed by atoms with Crippen molar-refractivity contribution in [1.29, 1.82) is 0 Å². The number of nitrogens with zero attached hydrogens (tertiary/aromatic N) is 1. The maximum Gasteiger partial charge on any atom is 0.328 e. The maximum atomic E-state index is 13.1. The lowest BCUT2D eigenvalue weighted by molar-refractivity contribution is -0.155. The average molecular weight is 423 g/mol. The number of likely N-dealkylation sites (tertiary alicyclic amines) is 1. The van der Waals surface area contributed by atoms with Crippen molar-refractivity contribution in [3.8, 4) is 0 Å². The first-order chi connectivity index (χ1) is 12.8. The number of hydrogen-bond donors (Lipinski definition) is 1. The minimum Gasteiger partial charge on any atom is -0.481 e. The van der Waals surface area contributed by atoms with Gasteiger partial charge in [0.25, 0.3) is 0 Å². The average Bonchev–Trinajstić information content (AvgIpc) is 2.66. The number of methoxy groups -OCH3 is 1. The van der Waals surface area contributed by atoms with Gasteiger partial charge >= 0.3 is 16.8 Å². The topological polar surface area (TPSA) is 119 Å². The number of aliphatic carboxylic acids is 1. The highest BCUT2D eigenvalue weighted by atomic mass is 32.2. The summed E-state index contributed by atoms with van der Waals surface area (Å²) in [5.41, 5.74) is 0. The van der Waals surface area contributed by atoms with E-state index >= 15 is 0 Å². The van der Waals surface area contributed by atoms with Crippen LogP contribution in [0.3, 0.4) is 0 Å². The summed E-state index contributed by atoms with van der Waals surface area (Å²) >= 11 is 0.744. The Kier molecular flexibility index (Phi) is 10.2. The molecule has 1 fully saturated rings. The van der Waals surface area contributed by atoms with Gasteiger partial charge in [0.05, 0.1) is 13.5 Å². The van der Waals surface area contributed by atoms with Crippen molar-refractivity contribution < 1.29 is 38.3 Å². The summed E-state index contributed by atoms with van der Waals surface area (Å²) in [7, 11) is 0.713. The first kappa shape index (κ1) is 23.8. The number of carbonyl (C=O) groups excluding carboxylic acids is 2.